The molecule has 2 nitrogen and oxygen atoms in total. The van der Waals surface area contributed by atoms with Gasteiger partial charge < -0.3 is 5.32 Å². The van der Waals surface area contributed by atoms with Gasteiger partial charge in [0.1, 0.15) is 0 Å². The Bertz CT molecular complexity index is 350. The minimum atomic E-state index is 0.105. The smallest absolute Gasteiger partial charge is 0.0499 e. The quantitative estimate of drug-likeness (QED) is 0.830. The number of hydrogen-bond donors (Lipinski definition) is 1. The maximum Gasteiger partial charge on any atom is 0.0499 e. The molecule has 1 N–H and O–H groups in total. The molecule has 1 aromatic rings. The van der Waals surface area contributed by atoms with Crippen LogP contribution in [0.3, 0.4) is 0 Å². The average Bonchev–Trinajstić information content (AvgIpc) is 2.33. The van der Waals surface area contributed by atoms with Crippen LogP contribution < -0.4 is 5.32 Å². The highest BCUT2D eigenvalue weighted by Gasteiger charge is 2.33. The van der Waals surface area contributed by atoms with Gasteiger partial charge in [-0.25, -0.2) is 0 Å². The van der Waals surface area contributed by atoms with Gasteiger partial charge in [0.2, 0.25) is 0 Å². The number of hydrogen-bond acceptors (Lipinski definition) is 2. The van der Waals surface area contributed by atoms with Gasteiger partial charge in [0.25, 0.3) is 0 Å². The van der Waals surface area contributed by atoms with E-state index in [0.29, 0.717) is 6.04 Å². The van der Waals surface area contributed by atoms with Crippen molar-refractivity contribution in [3.8, 4) is 0 Å². The Hall–Kier alpha value is -0.860. The Morgan fingerprint density at radius 3 is 2.00 bits per heavy atom. The number of aryl methyl sites for hydroxylation is 1. The first-order valence-electron chi connectivity index (χ1n) is 6.96. The third kappa shape index (κ3) is 3.12. The second-order valence-electron chi connectivity index (χ2n) is 5.46. The Balaban J connectivity index is 3.04. The van der Waals surface area contributed by atoms with Crippen molar-refractivity contribution in [3.05, 3.63) is 35.4 Å². The molecule has 18 heavy (non-hydrogen) atoms. The molecule has 2 heteroatoms. The van der Waals surface area contributed by atoms with E-state index in [4.69, 9.17) is 0 Å². The summed E-state index contributed by atoms with van der Waals surface area (Å²) in [6, 6.07) is 9.21. The fourth-order valence-electron chi connectivity index (χ4n) is 2.91. The van der Waals surface area contributed by atoms with Crippen LogP contribution in [0.5, 0.6) is 0 Å². The molecule has 0 aliphatic rings. The molecule has 0 bridgehead atoms. The summed E-state index contributed by atoms with van der Waals surface area (Å²) in [5.74, 6) is 0. The second kappa shape index (κ2) is 6.35. The summed E-state index contributed by atoms with van der Waals surface area (Å²) in [5, 5.41) is 3.49. The van der Waals surface area contributed by atoms with E-state index in [1.54, 1.807) is 0 Å². The topological polar surface area (TPSA) is 15.3 Å². The van der Waals surface area contributed by atoms with E-state index in [1.165, 1.54) is 11.1 Å². The van der Waals surface area contributed by atoms with Gasteiger partial charge in [-0.1, -0.05) is 43.7 Å². The number of likely N-dealkylation sites (N-methyl/N-ethyl adjacent to an activating group) is 2. The van der Waals surface area contributed by atoms with Crippen LogP contribution in [0.25, 0.3) is 0 Å². The summed E-state index contributed by atoms with van der Waals surface area (Å²) in [4.78, 5) is 2.51. The maximum atomic E-state index is 3.49. The number of rotatable bonds is 6. The minimum Gasteiger partial charge on any atom is -0.311 e. The van der Waals surface area contributed by atoms with Crippen LogP contribution in [0.2, 0.25) is 0 Å². The molecule has 102 valence electrons. The van der Waals surface area contributed by atoms with E-state index in [1.807, 2.05) is 0 Å². The molecule has 1 rings (SSSR count). The molecule has 0 aromatic heterocycles. The summed E-state index contributed by atoms with van der Waals surface area (Å²) < 4.78 is 0. The molecule has 0 spiro atoms. The van der Waals surface area contributed by atoms with E-state index in [9.17, 15) is 0 Å². The molecule has 0 aliphatic heterocycles. The van der Waals surface area contributed by atoms with E-state index in [-0.39, 0.29) is 5.54 Å². The normalized spacial score (nSPS) is 13.9. The first-order valence-corrected chi connectivity index (χ1v) is 6.96. The van der Waals surface area contributed by atoms with Crippen LogP contribution in [0.15, 0.2) is 24.3 Å². The van der Waals surface area contributed by atoms with Crippen molar-refractivity contribution in [2.45, 2.75) is 46.2 Å². The highest BCUT2D eigenvalue weighted by Crippen LogP contribution is 2.30. The van der Waals surface area contributed by atoms with Gasteiger partial charge in [0, 0.05) is 11.6 Å². The molecule has 1 unspecified atom stereocenters. The van der Waals surface area contributed by atoms with Crippen molar-refractivity contribution < 1.29 is 0 Å². The Kier molecular flexibility index (Phi) is 5.36. The zero-order valence-electron chi connectivity index (χ0n) is 12.7. The van der Waals surface area contributed by atoms with E-state index in [2.05, 4.69) is 76.1 Å². The second-order valence-corrected chi connectivity index (χ2v) is 5.46. The molecular formula is C16H28N2. The van der Waals surface area contributed by atoms with Crippen LogP contribution in [0, 0.1) is 6.92 Å². The lowest BCUT2D eigenvalue weighted by Crippen LogP contribution is -2.51. The lowest BCUT2D eigenvalue weighted by molar-refractivity contribution is 0.0944. The summed E-state index contributed by atoms with van der Waals surface area (Å²) >= 11 is 0. The predicted molar refractivity (Wildman–Crippen MR) is 80.0 cm³/mol. The van der Waals surface area contributed by atoms with Crippen LogP contribution in [-0.2, 0) is 0 Å². The van der Waals surface area contributed by atoms with Gasteiger partial charge >= 0.3 is 0 Å². The van der Waals surface area contributed by atoms with Crippen LogP contribution in [0.1, 0.15) is 44.9 Å². The highest BCUT2D eigenvalue weighted by atomic mass is 15.2. The van der Waals surface area contributed by atoms with Gasteiger partial charge in [-0.3, -0.25) is 4.90 Å². The van der Waals surface area contributed by atoms with Crippen LogP contribution in [0.4, 0.5) is 0 Å². The minimum absolute atomic E-state index is 0.105. The molecule has 0 fully saturated rings. The monoisotopic (exact) mass is 248 g/mol. The van der Waals surface area contributed by atoms with Gasteiger partial charge in [-0.2, -0.15) is 0 Å². The molecule has 0 saturated carbocycles. The molecule has 0 aliphatic carbocycles. The lowest BCUT2D eigenvalue weighted by Gasteiger charge is -2.43. The van der Waals surface area contributed by atoms with Crippen molar-refractivity contribution in [2.75, 3.05) is 20.1 Å². The molecule has 0 amide bonds. The van der Waals surface area contributed by atoms with E-state index >= 15 is 0 Å². The first-order chi connectivity index (χ1) is 8.47. The SMILES string of the molecule is CCN(CC)C(C)(C)C(NC)c1ccc(C)cc1. The summed E-state index contributed by atoms with van der Waals surface area (Å²) in [6.45, 7) is 13.4. The van der Waals surface area contributed by atoms with Gasteiger partial charge in [0.15, 0.2) is 0 Å². The Morgan fingerprint density at radius 2 is 1.61 bits per heavy atom. The van der Waals surface area contributed by atoms with Crippen molar-refractivity contribution in [1.29, 1.82) is 0 Å². The third-order valence-electron chi connectivity index (χ3n) is 3.98. The third-order valence-corrected chi connectivity index (χ3v) is 3.98. The molecule has 0 saturated heterocycles. The number of nitrogens with zero attached hydrogens (tertiary/aromatic N) is 1. The van der Waals surface area contributed by atoms with Gasteiger partial charge in [0.05, 0.1) is 0 Å². The maximum absolute atomic E-state index is 3.49. The Labute approximate surface area is 112 Å². The van der Waals surface area contributed by atoms with E-state index < -0.39 is 0 Å². The highest BCUT2D eigenvalue weighted by molar-refractivity contribution is 5.26. The van der Waals surface area contributed by atoms with Crippen LogP contribution in [-0.4, -0.2) is 30.6 Å². The summed E-state index contributed by atoms with van der Waals surface area (Å²) in [6.07, 6.45) is 0. The van der Waals surface area contributed by atoms with Crippen molar-refractivity contribution >= 4 is 0 Å². The Morgan fingerprint density at radius 1 is 1.11 bits per heavy atom. The number of benzene rings is 1. The number of nitrogens with one attached hydrogen (secondary N) is 1. The largest absolute Gasteiger partial charge is 0.311 e. The molecule has 1 aromatic carbocycles. The average molecular weight is 248 g/mol. The van der Waals surface area contributed by atoms with Crippen LogP contribution >= 0.6 is 0 Å². The van der Waals surface area contributed by atoms with E-state index in [0.717, 1.165) is 13.1 Å². The zero-order valence-corrected chi connectivity index (χ0v) is 12.7. The zero-order chi connectivity index (χ0) is 13.8. The van der Waals surface area contributed by atoms with Crippen molar-refractivity contribution in [3.63, 3.8) is 0 Å². The van der Waals surface area contributed by atoms with Crippen molar-refractivity contribution in [2.24, 2.45) is 0 Å². The fourth-order valence-corrected chi connectivity index (χ4v) is 2.91. The molecule has 0 heterocycles. The standard InChI is InChI=1S/C16H28N2/c1-7-18(8-2)16(4,5)15(17-6)14-11-9-13(3)10-12-14/h9-12,15,17H,7-8H2,1-6H3. The summed E-state index contributed by atoms with van der Waals surface area (Å²) in [5.41, 5.74) is 2.78. The molecule has 1 atom stereocenters. The van der Waals surface area contributed by atoms with Gasteiger partial charge in [-0.05, 0) is 46.5 Å². The molecule has 0 radical (unpaired) electrons. The van der Waals surface area contributed by atoms with Crippen molar-refractivity contribution in [1.82, 2.24) is 10.2 Å². The molecular weight excluding hydrogens is 220 g/mol. The summed E-state index contributed by atoms with van der Waals surface area (Å²) in [7, 11) is 2.05. The lowest BCUT2D eigenvalue weighted by atomic mass is 9.86. The van der Waals surface area contributed by atoms with Gasteiger partial charge in [-0.15, -0.1) is 0 Å². The predicted octanol–water partition coefficient (Wildman–Crippen LogP) is 3.38. The first kappa shape index (κ1) is 15.2. The fraction of sp³-hybridized carbons (Fsp3) is 0.625.